The van der Waals surface area contributed by atoms with E-state index < -0.39 is 16.8 Å². The third-order valence-electron chi connectivity index (χ3n) is 2.30. The lowest BCUT2D eigenvalue weighted by Gasteiger charge is -2.02. The van der Waals surface area contributed by atoms with Crippen LogP contribution in [0.5, 0.6) is 0 Å². The summed E-state index contributed by atoms with van der Waals surface area (Å²) in [4.78, 5) is 11.2. The van der Waals surface area contributed by atoms with Crippen molar-refractivity contribution in [2.24, 2.45) is 0 Å². The van der Waals surface area contributed by atoms with Crippen LogP contribution in [-0.4, -0.2) is 15.3 Å². The molecule has 100 valence electrons. The molecule has 0 amide bonds. The van der Waals surface area contributed by atoms with Gasteiger partial charge in [-0.2, -0.15) is 0 Å². The maximum atomic E-state index is 12.1. The lowest BCUT2D eigenvalue weighted by Crippen LogP contribution is -1.96. The Morgan fingerprint density at radius 1 is 1.21 bits per heavy atom. The van der Waals surface area contributed by atoms with E-state index >= 15 is 0 Å². The van der Waals surface area contributed by atoms with Crippen LogP contribution in [0.25, 0.3) is 0 Å². The first-order valence-corrected chi connectivity index (χ1v) is 7.20. The molecule has 0 aliphatic rings. The molecule has 1 N–H and O–H groups in total. The van der Waals surface area contributed by atoms with E-state index in [9.17, 15) is 9.00 Å². The zero-order chi connectivity index (χ0) is 14.0. The van der Waals surface area contributed by atoms with Crippen LogP contribution in [0.2, 0.25) is 10.0 Å². The molecule has 19 heavy (non-hydrogen) atoms. The van der Waals surface area contributed by atoms with Crippen LogP contribution < -0.4 is 0 Å². The Bertz CT molecular complexity index is 651. The molecule has 0 saturated heterocycles. The predicted molar refractivity (Wildman–Crippen MR) is 72.2 cm³/mol. The molecular weight excluding hydrogens is 311 g/mol. The van der Waals surface area contributed by atoms with Crippen LogP contribution in [0.15, 0.2) is 39.6 Å². The Balaban J connectivity index is 2.15. The molecule has 1 atom stereocenters. The van der Waals surface area contributed by atoms with Crippen molar-refractivity contribution in [3.05, 3.63) is 51.9 Å². The first-order chi connectivity index (χ1) is 8.97. The van der Waals surface area contributed by atoms with Gasteiger partial charge in [0.15, 0.2) is 0 Å². The summed E-state index contributed by atoms with van der Waals surface area (Å²) < 4.78 is 17.1. The summed E-state index contributed by atoms with van der Waals surface area (Å²) in [6.45, 7) is 0. The van der Waals surface area contributed by atoms with Crippen LogP contribution in [-0.2, 0) is 16.6 Å². The van der Waals surface area contributed by atoms with Gasteiger partial charge in [-0.25, -0.2) is 4.79 Å². The number of hydrogen-bond acceptors (Lipinski definition) is 3. The SMILES string of the molecule is O=C(O)c1ccc(CS(=O)c2ccc(Cl)c(Cl)c2)o1. The molecule has 1 unspecified atom stereocenters. The Labute approximate surface area is 121 Å². The van der Waals surface area contributed by atoms with Crippen molar-refractivity contribution in [1.82, 2.24) is 0 Å². The second-order valence-electron chi connectivity index (χ2n) is 3.64. The number of benzene rings is 1. The molecule has 0 saturated carbocycles. The Kier molecular flexibility index (Phi) is 4.29. The molecule has 1 aromatic heterocycles. The highest BCUT2D eigenvalue weighted by molar-refractivity contribution is 7.84. The molecule has 0 spiro atoms. The Hall–Kier alpha value is -1.30. The Morgan fingerprint density at radius 2 is 1.95 bits per heavy atom. The maximum absolute atomic E-state index is 12.1. The molecule has 4 nitrogen and oxygen atoms in total. The smallest absolute Gasteiger partial charge is 0.371 e. The van der Waals surface area contributed by atoms with Crippen molar-refractivity contribution in [2.75, 3.05) is 0 Å². The number of halogens is 2. The zero-order valence-corrected chi connectivity index (χ0v) is 11.8. The summed E-state index contributed by atoms with van der Waals surface area (Å²) in [6.07, 6.45) is 0. The van der Waals surface area contributed by atoms with Gasteiger partial charge in [-0.3, -0.25) is 4.21 Å². The molecule has 0 radical (unpaired) electrons. The molecule has 2 aromatic rings. The van der Waals surface area contributed by atoms with Crippen molar-refractivity contribution in [3.63, 3.8) is 0 Å². The fraction of sp³-hybridized carbons (Fsp3) is 0.0833. The van der Waals surface area contributed by atoms with Gasteiger partial charge in [0.1, 0.15) is 5.76 Å². The van der Waals surface area contributed by atoms with Crippen molar-refractivity contribution in [2.45, 2.75) is 10.6 Å². The van der Waals surface area contributed by atoms with E-state index in [4.69, 9.17) is 32.7 Å². The van der Waals surface area contributed by atoms with E-state index in [1.54, 1.807) is 12.1 Å². The summed E-state index contributed by atoms with van der Waals surface area (Å²) in [5.74, 6) is -0.930. The van der Waals surface area contributed by atoms with Gasteiger partial charge in [-0.05, 0) is 30.3 Å². The van der Waals surface area contributed by atoms with Gasteiger partial charge in [0.25, 0.3) is 0 Å². The minimum Gasteiger partial charge on any atom is -0.475 e. The van der Waals surface area contributed by atoms with E-state index in [-0.39, 0.29) is 11.5 Å². The summed E-state index contributed by atoms with van der Waals surface area (Å²) in [5, 5.41) is 9.42. The summed E-state index contributed by atoms with van der Waals surface area (Å²) in [7, 11) is -1.38. The lowest BCUT2D eigenvalue weighted by molar-refractivity contribution is 0.0661. The third-order valence-corrected chi connectivity index (χ3v) is 4.37. The number of rotatable bonds is 4. The Morgan fingerprint density at radius 3 is 2.53 bits per heavy atom. The first-order valence-electron chi connectivity index (χ1n) is 5.13. The quantitative estimate of drug-likeness (QED) is 0.935. The monoisotopic (exact) mass is 318 g/mol. The summed E-state index contributed by atoms with van der Waals surface area (Å²) >= 11 is 11.6. The fourth-order valence-corrected chi connectivity index (χ4v) is 2.81. The largest absolute Gasteiger partial charge is 0.475 e. The van der Waals surface area contributed by atoms with Crippen molar-refractivity contribution >= 4 is 40.0 Å². The maximum Gasteiger partial charge on any atom is 0.371 e. The van der Waals surface area contributed by atoms with Gasteiger partial charge < -0.3 is 9.52 Å². The molecular formula is C12H8Cl2O4S. The highest BCUT2D eigenvalue weighted by Gasteiger charge is 2.13. The first kappa shape index (κ1) is 14.1. The number of furan rings is 1. The van der Waals surface area contributed by atoms with E-state index in [0.717, 1.165) is 0 Å². The predicted octanol–water partition coefficient (Wildman–Crippen LogP) is 3.59. The van der Waals surface area contributed by atoms with Crippen LogP contribution in [0.3, 0.4) is 0 Å². The lowest BCUT2D eigenvalue weighted by atomic mass is 10.4. The molecule has 2 rings (SSSR count). The second kappa shape index (κ2) is 5.77. The summed E-state index contributed by atoms with van der Waals surface area (Å²) in [5.41, 5.74) is 0. The molecule has 0 fully saturated rings. The van der Waals surface area contributed by atoms with E-state index in [1.165, 1.54) is 18.2 Å². The van der Waals surface area contributed by atoms with Crippen LogP contribution >= 0.6 is 23.2 Å². The minimum atomic E-state index is -1.38. The highest BCUT2D eigenvalue weighted by atomic mass is 35.5. The molecule has 0 aliphatic carbocycles. The molecule has 0 bridgehead atoms. The van der Waals surface area contributed by atoms with Crippen LogP contribution in [0.4, 0.5) is 0 Å². The standard InChI is InChI=1S/C12H8Cl2O4S/c13-9-3-2-8(5-10(9)14)19(17)6-7-1-4-11(18-7)12(15)16/h1-5H,6H2,(H,15,16). The van der Waals surface area contributed by atoms with Gasteiger partial charge in [-0.15, -0.1) is 0 Å². The number of aromatic carboxylic acids is 1. The number of carboxylic acid groups (broad SMARTS) is 1. The van der Waals surface area contributed by atoms with Gasteiger partial charge in [0.2, 0.25) is 5.76 Å². The van der Waals surface area contributed by atoms with Crippen molar-refractivity contribution < 1.29 is 18.5 Å². The average Bonchev–Trinajstić information content (AvgIpc) is 2.81. The van der Waals surface area contributed by atoms with Crippen molar-refractivity contribution in [3.8, 4) is 0 Å². The molecule has 0 aliphatic heterocycles. The van der Waals surface area contributed by atoms with E-state index in [1.807, 2.05) is 0 Å². The third kappa shape index (κ3) is 3.37. The second-order valence-corrected chi connectivity index (χ2v) is 5.90. The minimum absolute atomic E-state index is 0.0746. The number of carbonyl (C=O) groups is 1. The van der Waals surface area contributed by atoms with E-state index in [2.05, 4.69) is 0 Å². The topological polar surface area (TPSA) is 67.5 Å². The number of hydrogen-bond donors (Lipinski definition) is 1. The normalized spacial score (nSPS) is 12.3. The van der Waals surface area contributed by atoms with E-state index in [0.29, 0.717) is 20.7 Å². The fourth-order valence-electron chi connectivity index (χ4n) is 1.40. The molecule has 1 aromatic carbocycles. The van der Waals surface area contributed by atoms with Crippen LogP contribution in [0, 0.1) is 0 Å². The number of carboxylic acids is 1. The highest BCUT2D eigenvalue weighted by Crippen LogP contribution is 2.25. The average molecular weight is 319 g/mol. The molecule has 7 heteroatoms. The van der Waals surface area contributed by atoms with Gasteiger partial charge in [0, 0.05) is 4.90 Å². The van der Waals surface area contributed by atoms with Crippen LogP contribution in [0.1, 0.15) is 16.3 Å². The van der Waals surface area contributed by atoms with Gasteiger partial charge in [-0.1, -0.05) is 23.2 Å². The van der Waals surface area contributed by atoms with Gasteiger partial charge in [0.05, 0.1) is 26.6 Å². The van der Waals surface area contributed by atoms with Gasteiger partial charge >= 0.3 is 5.97 Å². The zero-order valence-electron chi connectivity index (χ0n) is 9.43. The van der Waals surface area contributed by atoms with Crippen molar-refractivity contribution in [1.29, 1.82) is 0 Å². The molecule has 1 heterocycles. The summed E-state index contributed by atoms with van der Waals surface area (Å²) in [6, 6.07) is 7.48.